The highest BCUT2D eigenvalue weighted by Gasteiger charge is 2.38. The zero-order valence-electron chi connectivity index (χ0n) is 22.4. The van der Waals surface area contributed by atoms with Crippen molar-refractivity contribution >= 4 is 11.7 Å². The smallest absolute Gasteiger partial charge is 0.389 e. The van der Waals surface area contributed by atoms with Crippen LogP contribution in [0.1, 0.15) is 92.9 Å². The molecule has 3 rings (SSSR count). The highest BCUT2D eigenvalue weighted by Crippen LogP contribution is 2.48. The van der Waals surface area contributed by atoms with Crippen LogP contribution in [0.3, 0.4) is 0 Å². The van der Waals surface area contributed by atoms with Gasteiger partial charge in [0.05, 0.1) is 19.3 Å². The van der Waals surface area contributed by atoms with Crippen molar-refractivity contribution in [2.45, 2.75) is 77.3 Å². The first kappa shape index (κ1) is 28.5. The minimum absolute atomic E-state index is 0.0389. The van der Waals surface area contributed by atoms with Crippen LogP contribution in [-0.4, -0.2) is 38.2 Å². The van der Waals surface area contributed by atoms with E-state index in [2.05, 4.69) is 45.0 Å². The highest BCUT2D eigenvalue weighted by molar-refractivity contribution is 6.14. The van der Waals surface area contributed by atoms with Gasteiger partial charge in [-0.25, -0.2) is 4.79 Å². The summed E-state index contributed by atoms with van der Waals surface area (Å²) in [6.07, 6.45) is -3.35. The molecule has 5 nitrogen and oxygen atoms in total. The molecular weight excluding hydrogens is 483 g/mol. The van der Waals surface area contributed by atoms with Crippen LogP contribution < -0.4 is 4.74 Å². The summed E-state index contributed by atoms with van der Waals surface area (Å²) in [4.78, 5) is 17.3. The largest absolute Gasteiger partial charge is 0.493 e. The number of carbonyl (C=O) groups excluding carboxylic acids is 1. The van der Waals surface area contributed by atoms with E-state index in [1.807, 2.05) is 6.92 Å². The Kier molecular flexibility index (Phi) is 8.60. The first-order chi connectivity index (χ1) is 17.3. The van der Waals surface area contributed by atoms with Crippen molar-refractivity contribution in [2.24, 2.45) is 5.16 Å². The van der Waals surface area contributed by atoms with E-state index in [0.29, 0.717) is 34.8 Å². The minimum atomic E-state index is -4.25. The first-order valence-corrected chi connectivity index (χ1v) is 12.6. The monoisotopic (exact) mass is 519 g/mol. The molecule has 0 bridgehead atoms. The normalized spacial score (nSPS) is 16.6. The fourth-order valence-corrected chi connectivity index (χ4v) is 4.64. The molecule has 0 fully saturated rings. The van der Waals surface area contributed by atoms with Crippen molar-refractivity contribution in [3.8, 4) is 5.75 Å². The van der Waals surface area contributed by atoms with E-state index in [1.54, 1.807) is 24.3 Å². The fraction of sp³-hybridized carbons (Fsp3) is 0.517. The van der Waals surface area contributed by atoms with Crippen LogP contribution >= 0.6 is 0 Å². The maximum atomic E-state index is 12.6. The predicted molar refractivity (Wildman–Crippen MR) is 138 cm³/mol. The molecule has 2 aromatic carbocycles. The molecule has 0 saturated carbocycles. The molecule has 2 aromatic rings. The summed E-state index contributed by atoms with van der Waals surface area (Å²) >= 11 is 0. The van der Waals surface area contributed by atoms with Crippen molar-refractivity contribution < 1.29 is 32.3 Å². The molecule has 0 radical (unpaired) electrons. The molecule has 0 saturated heterocycles. The van der Waals surface area contributed by atoms with Crippen molar-refractivity contribution in [3.05, 3.63) is 64.2 Å². The molecule has 1 aliphatic carbocycles. The third kappa shape index (κ3) is 6.84. The number of oxime groups is 1. The van der Waals surface area contributed by atoms with Crippen LogP contribution in [0.25, 0.3) is 0 Å². The third-order valence-corrected chi connectivity index (χ3v) is 6.94. The average molecular weight is 520 g/mol. The Morgan fingerprint density at radius 1 is 0.973 bits per heavy atom. The molecule has 8 heteroatoms. The number of methoxy groups -OCH3 is 1. The summed E-state index contributed by atoms with van der Waals surface area (Å²) in [5.41, 5.74) is 4.38. The van der Waals surface area contributed by atoms with Gasteiger partial charge in [0.25, 0.3) is 0 Å². The molecule has 0 amide bonds. The van der Waals surface area contributed by atoms with Gasteiger partial charge in [-0.05, 0) is 72.4 Å². The van der Waals surface area contributed by atoms with Crippen LogP contribution in [0, 0.1) is 0 Å². The SMILES string of the molecule is CCOc1cc2c(cc1/C(=N/OCCCC(F)(F)F)c1ccc(C(=O)OC)cc1)C(C)(C)CCC2(C)C. The molecule has 0 spiro atoms. The van der Waals surface area contributed by atoms with E-state index < -0.39 is 18.6 Å². The lowest BCUT2D eigenvalue weighted by atomic mass is 9.62. The second-order valence-corrected chi connectivity index (χ2v) is 10.7. The number of rotatable bonds is 9. The Hall–Kier alpha value is -3.03. The van der Waals surface area contributed by atoms with Gasteiger partial charge in [-0.15, -0.1) is 0 Å². The van der Waals surface area contributed by atoms with E-state index in [-0.39, 0.29) is 23.9 Å². The molecule has 0 aromatic heterocycles. The van der Waals surface area contributed by atoms with Gasteiger partial charge in [-0.2, -0.15) is 13.2 Å². The van der Waals surface area contributed by atoms with E-state index >= 15 is 0 Å². The van der Waals surface area contributed by atoms with Crippen LogP contribution in [0.5, 0.6) is 5.75 Å². The van der Waals surface area contributed by atoms with Gasteiger partial charge in [0.1, 0.15) is 18.1 Å². The van der Waals surface area contributed by atoms with Crippen LogP contribution in [0.15, 0.2) is 41.6 Å². The Balaban J connectivity index is 2.12. The van der Waals surface area contributed by atoms with Gasteiger partial charge < -0.3 is 14.3 Å². The van der Waals surface area contributed by atoms with E-state index in [4.69, 9.17) is 14.3 Å². The molecule has 0 heterocycles. The molecule has 0 unspecified atom stereocenters. The van der Waals surface area contributed by atoms with E-state index in [9.17, 15) is 18.0 Å². The number of halogens is 3. The lowest BCUT2D eigenvalue weighted by Gasteiger charge is -2.42. The number of hydrogen-bond acceptors (Lipinski definition) is 5. The van der Waals surface area contributed by atoms with Gasteiger partial charge in [-0.3, -0.25) is 0 Å². The molecular formula is C29H36F3NO4. The Morgan fingerprint density at radius 2 is 1.54 bits per heavy atom. The number of carbonyl (C=O) groups is 1. The number of esters is 1. The summed E-state index contributed by atoms with van der Waals surface area (Å²) < 4.78 is 48.6. The summed E-state index contributed by atoms with van der Waals surface area (Å²) in [5, 5.41) is 4.31. The van der Waals surface area contributed by atoms with Gasteiger partial charge in [0.2, 0.25) is 0 Å². The molecule has 202 valence electrons. The van der Waals surface area contributed by atoms with Crippen LogP contribution in [0.4, 0.5) is 13.2 Å². The van der Waals surface area contributed by atoms with Crippen LogP contribution in [0.2, 0.25) is 0 Å². The Labute approximate surface area is 217 Å². The van der Waals surface area contributed by atoms with Crippen molar-refractivity contribution in [3.63, 3.8) is 0 Å². The Morgan fingerprint density at radius 3 is 2.08 bits per heavy atom. The third-order valence-electron chi connectivity index (χ3n) is 6.94. The number of fused-ring (bicyclic) bond motifs is 1. The maximum Gasteiger partial charge on any atom is 0.389 e. The van der Waals surface area contributed by atoms with Crippen molar-refractivity contribution in [1.29, 1.82) is 0 Å². The number of ether oxygens (including phenoxy) is 2. The number of nitrogens with zero attached hydrogens (tertiary/aromatic N) is 1. The summed E-state index contributed by atoms with van der Waals surface area (Å²) in [7, 11) is 1.31. The quantitative estimate of drug-likeness (QED) is 0.151. The second kappa shape index (κ2) is 11.2. The zero-order chi connectivity index (χ0) is 27.4. The van der Waals surface area contributed by atoms with E-state index in [0.717, 1.165) is 12.8 Å². The molecule has 1 aliphatic rings. The number of hydrogen-bond donors (Lipinski definition) is 0. The first-order valence-electron chi connectivity index (χ1n) is 12.6. The fourth-order valence-electron chi connectivity index (χ4n) is 4.64. The summed E-state index contributed by atoms with van der Waals surface area (Å²) in [6.45, 7) is 11.0. The Bertz CT molecular complexity index is 1140. The maximum absolute atomic E-state index is 12.6. The van der Waals surface area contributed by atoms with Gasteiger partial charge in [0.15, 0.2) is 0 Å². The lowest BCUT2D eigenvalue weighted by molar-refractivity contribution is -0.137. The standard InChI is InChI=1S/C29H36F3NO4/c1-7-36-24-18-23-22(27(2,3)14-15-28(23,4)5)17-21(24)25(33-37-16-8-13-29(30,31)32)19-9-11-20(12-10-19)26(34)35-6/h9-12,17-18H,7-8,13-16H2,1-6H3/b33-25+. The van der Waals surface area contributed by atoms with Crippen molar-refractivity contribution in [2.75, 3.05) is 20.3 Å². The molecule has 0 atom stereocenters. The summed E-state index contributed by atoms with van der Waals surface area (Å²) in [5.74, 6) is 0.155. The molecule has 0 N–H and O–H groups in total. The van der Waals surface area contributed by atoms with E-state index in [1.165, 1.54) is 18.2 Å². The number of alkyl halides is 3. The van der Waals surface area contributed by atoms with Gasteiger partial charge in [0, 0.05) is 17.5 Å². The molecule has 0 aliphatic heterocycles. The highest BCUT2D eigenvalue weighted by atomic mass is 19.4. The van der Waals surface area contributed by atoms with Gasteiger partial charge in [-0.1, -0.05) is 45.0 Å². The summed E-state index contributed by atoms with van der Waals surface area (Å²) in [6, 6.07) is 10.8. The minimum Gasteiger partial charge on any atom is -0.493 e. The average Bonchev–Trinajstić information content (AvgIpc) is 2.83. The van der Waals surface area contributed by atoms with Crippen LogP contribution in [-0.2, 0) is 20.4 Å². The van der Waals surface area contributed by atoms with Gasteiger partial charge >= 0.3 is 12.1 Å². The number of benzene rings is 2. The lowest BCUT2D eigenvalue weighted by Crippen LogP contribution is -2.34. The van der Waals surface area contributed by atoms with Crippen molar-refractivity contribution in [1.82, 2.24) is 0 Å². The molecule has 37 heavy (non-hydrogen) atoms. The predicted octanol–water partition coefficient (Wildman–Crippen LogP) is 7.33. The zero-order valence-corrected chi connectivity index (χ0v) is 22.4. The second-order valence-electron chi connectivity index (χ2n) is 10.7. The topological polar surface area (TPSA) is 57.1 Å².